The number of benzene rings is 1. The molecule has 1 aliphatic rings. The first-order chi connectivity index (χ1) is 8.88. The third-order valence-electron chi connectivity index (χ3n) is 3.30. The molecule has 2 atom stereocenters. The van der Waals surface area contributed by atoms with E-state index < -0.39 is 23.1 Å². The topological polar surface area (TPSA) is 46.4 Å². The lowest BCUT2D eigenvalue weighted by Gasteiger charge is -2.16. The summed E-state index contributed by atoms with van der Waals surface area (Å²) in [5.74, 6) is -1.88. The predicted molar refractivity (Wildman–Crippen MR) is 62.0 cm³/mol. The fourth-order valence-electron chi connectivity index (χ4n) is 2.37. The van der Waals surface area contributed by atoms with Crippen LogP contribution >= 0.6 is 0 Å². The van der Waals surface area contributed by atoms with E-state index in [4.69, 9.17) is 0 Å². The van der Waals surface area contributed by atoms with Gasteiger partial charge in [-0.15, -0.1) is 0 Å². The molecule has 104 valence electrons. The fraction of sp³-hybridized carbons (Fsp3) is 0.500. The molecule has 0 aliphatic carbocycles. The summed E-state index contributed by atoms with van der Waals surface area (Å²) in [4.78, 5) is 11.4. The van der Waals surface area contributed by atoms with Crippen LogP contribution in [0.15, 0.2) is 30.3 Å². The largest absolute Gasteiger partial charge is 0.399 e. The van der Waals surface area contributed by atoms with E-state index in [1.165, 1.54) is 4.90 Å². The van der Waals surface area contributed by atoms with Gasteiger partial charge in [0, 0.05) is 18.0 Å². The summed E-state index contributed by atoms with van der Waals surface area (Å²) in [5, 5.41) is 10.7. The average Bonchev–Trinajstić information content (AvgIpc) is 2.74. The molecule has 2 unspecified atom stereocenters. The maximum absolute atomic E-state index is 12.8. The molecule has 0 amide bonds. The van der Waals surface area contributed by atoms with E-state index in [1.54, 1.807) is 24.3 Å². The Morgan fingerprint density at radius 2 is 1.89 bits per heavy atom. The second kappa shape index (κ2) is 5.16. The minimum absolute atomic E-state index is 0.161. The van der Waals surface area contributed by atoms with Gasteiger partial charge in [0.15, 0.2) is 0 Å². The molecule has 2 rings (SSSR count). The predicted octanol–water partition coefficient (Wildman–Crippen LogP) is 2.33. The molecule has 0 spiro atoms. The Bertz CT molecular complexity index is 450. The van der Waals surface area contributed by atoms with Gasteiger partial charge in [-0.3, -0.25) is 15.0 Å². The van der Waals surface area contributed by atoms with Gasteiger partial charge in [0.25, 0.3) is 0 Å². The third-order valence-corrected chi connectivity index (χ3v) is 3.30. The molecule has 0 saturated carbocycles. The molecular formula is C12H13F3N2O2. The molecule has 1 aromatic rings. The van der Waals surface area contributed by atoms with Gasteiger partial charge in [-0.25, -0.2) is 0 Å². The van der Waals surface area contributed by atoms with E-state index in [1.807, 2.05) is 6.07 Å². The molecule has 0 aromatic heterocycles. The van der Waals surface area contributed by atoms with Crippen molar-refractivity contribution in [2.75, 3.05) is 13.1 Å². The summed E-state index contributed by atoms with van der Waals surface area (Å²) in [7, 11) is 0. The fourth-order valence-corrected chi connectivity index (χ4v) is 2.37. The minimum atomic E-state index is -4.52. The van der Waals surface area contributed by atoms with Crippen molar-refractivity contribution in [2.24, 2.45) is 5.92 Å². The van der Waals surface area contributed by atoms with Crippen molar-refractivity contribution in [3.63, 3.8) is 0 Å². The first-order valence-corrected chi connectivity index (χ1v) is 5.84. The number of nitrogens with zero attached hydrogens (tertiary/aromatic N) is 2. The summed E-state index contributed by atoms with van der Waals surface area (Å²) < 4.78 is 38.3. The molecule has 7 heteroatoms. The molecular weight excluding hydrogens is 261 g/mol. The van der Waals surface area contributed by atoms with Crippen LogP contribution in [0.1, 0.15) is 5.56 Å². The van der Waals surface area contributed by atoms with Crippen LogP contribution in [0.25, 0.3) is 0 Å². The lowest BCUT2D eigenvalue weighted by molar-refractivity contribution is -0.534. The molecule has 1 fully saturated rings. The number of hydrogen-bond donors (Lipinski definition) is 0. The number of alkyl halides is 3. The minimum Gasteiger partial charge on any atom is -0.292 e. The van der Waals surface area contributed by atoms with Gasteiger partial charge in [0.1, 0.15) is 5.92 Å². The van der Waals surface area contributed by atoms with Gasteiger partial charge in [-0.1, -0.05) is 30.3 Å². The molecule has 1 saturated heterocycles. The molecule has 4 nitrogen and oxygen atoms in total. The maximum atomic E-state index is 12.8. The molecule has 0 N–H and O–H groups in total. The van der Waals surface area contributed by atoms with Crippen molar-refractivity contribution >= 4 is 0 Å². The van der Waals surface area contributed by atoms with Crippen LogP contribution in [0.5, 0.6) is 0 Å². The number of nitro groups is 1. The van der Waals surface area contributed by atoms with E-state index in [9.17, 15) is 23.3 Å². The van der Waals surface area contributed by atoms with E-state index in [0.29, 0.717) is 6.54 Å². The first kappa shape index (κ1) is 13.8. The standard InChI is InChI=1S/C12H13F3N2O2/c13-12(14,15)10-7-16(8-11(10)17(18)19)6-9-4-2-1-3-5-9/h1-5,10-11H,6-8H2. The van der Waals surface area contributed by atoms with Gasteiger partial charge >= 0.3 is 6.18 Å². The molecule has 19 heavy (non-hydrogen) atoms. The zero-order chi connectivity index (χ0) is 14.0. The van der Waals surface area contributed by atoms with Gasteiger partial charge in [-0.2, -0.15) is 13.2 Å². The molecule has 0 bridgehead atoms. The van der Waals surface area contributed by atoms with E-state index >= 15 is 0 Å². The van der Waals surface area contributed by atoms with Gasteiger partial charge in [0.05, 0.1) is 6.54 Å². The Hall–Kier alpha value is -1.63. The van der Waals surface area contributed by atoms with Gasteiger partial charge < -0.3 is 0 Å². The Morgan fingerprint density at radius 3 is 2.37 bits per heavy atom. The zero-order valence-corrected chi connectivity index (χ0v) is 10.0. The highest BCUT2D eigenvalue weighted by molar-refractivity contribution is 5.14. The quantitative estimate of drug-likeness (QED) is 0.627. The SMILES string of the molecule is O=[N+]([O-])C1CN(Cc2ccccc2)CC1C(F)(F)F. The summed E-state index contributed by atoms with van der Waals surface area (Å²) in [5.41, 5.74) is 0.854. The highest BCUT2D eigenvalue weighted by atomic mass is 19.4. The first-order valence-electron chi connectivity index (χ1n) is 5.84. The summed E-state index contributed by atoms with van der Waals surface area (Å²) in [6, 6.07) is 7.41. The molecule has 0 radical (unpaired) electrons. The van der Waals surface area contributed by atoms with E-state index in [0.717, 1.165) is 5.56 Å². The lowest BCUT2D eigenvalue weighted by atomic mass is 10.0. The molecule has 1 heterocycles. The average molecular weight is 274 g/mol. The second-order valence-electron chi connectivity index (χ2n) is 4.68. The van der Waals surface area contributed by atoms with Crippen LogP contribution < -0.4 is 0 Å². The Kier molecular flexibility index (Phi) is 3.75. The maximum Gasteiger partial charge on any atom is 0.399 e. The van der Waals surface area contributed by atoms with Crippen molar-refractivity contribution < 1.29 is 18.1 Å². The van der Waals surface area contributed by atoms with Crippen LogP contribution in [-0.4, -0.2) is 35.1 Å². The second-order valence-corrected chi connectivity index (χ2v) is 4.68. The molecule has 1 aromatic carbocycles. The van der Waals surface area contributed by atoms with Crippen LogP contribution in [0.2, 0.25) is 0 Å². The molecule has 1 aliphatic heterocycles. The lowest BCUT2D eigenvalue weighted by Crippen LogP contribution is -2.37. The summed E-state index contributed by atoms with van der Waals surface area (Å²) in [6.07, 6.45) is -4.52. The summed E-state index contributed by atoms with van der Waals surface area (Å²) >= 11 is 0. The number of hydrogen-bond acceptors (Lipinski definition) is 3. The van der Waals surface area contributed by atoms with Gasteiger partial charge in [0.2, 0.25) is 6.04 Å². The van der Waals surface area contributed by atoms with Gasteiger partial charge in [-0.05, 0) is 5.56 Å². The third kappa shape index (κ3) is 3.23. The number of rotatable bonds is 3. The highest BCUT2D eigenvalue weighted by Gasteiger charge is 2.55. The van der Waals surface area contributed by atoms with Crippen molar-refractivity contribution in [2.45, 2.75) is 18.8 Å². The normalized spacial score (nSPS) is 24.6. The summed E-state index contributed by atoms with van der Waals surface area (Å²) in [6.45, 7) is -0.173. The van der Waals surface area contributed by atoms with Crippen LogP contribution in [0, 0.1) is 16.0 Å². The number of halogens is 3. The zero-order valence-electron chi connectivity index (χ0n) is 10.0. The Morgan fingerprint density at radius 1 is 1.26 bits per heavy atom. The Labute approximate surface area is 108 Å². The van der Waals surface area contributed by atoms with Crippen molar-refractivity contribution in [3.8, 4) is 0 Å². The Balaban J connectivity index is 2.08. The highest BCUT2D eigenvalue weighted by Crippen LogP contribution is 2.35. The van der Waals surface area contributed by atoms with Crippen molar-refractivity contribution in [3.05, 3.63) is 46.0 Å². The van der Waals surface area contributed by atoms with Crippen molar-refractivity contribution in [1.82, 2.24) is 4.90 Å². The van der Waals surface area contributed by atoms with E-state index in [-0.39, 0.29) is 13.1 Å². The van der Waals surface area contributed by atoms with Crippen LogP contribution in [0.4, 0.5) is 13.2 Å². The smallest absolute Gasteiger partial charge is 0.292 e. The van der Waals surface area contributed by atoms with Crippen molar-refractivity contribution in [1.29, 1.82) is 0 Å². The van der Waals surface area contributed by atoms with Crippen LogP contribution in [0.3, 0.4) is 0 Å². The monoisotopic (exact) mass is 274 g/mol. The van der Waals surface area contributed by atoms with E-state index in [2.05, 4.69) is 0 Å². The van der Waals surface area contributed by atoms with Crippen LogP contribution in [-0.2, 0) is 6.54 Å². The number of likely N-dealkylation sites (tertiary alicyclic amines) is 1.